The van der Waals surface area contributed by atoms with E-state index in [1.165, 1.54) is 25.0 Å². The third-order valence-electron chi connectivity index (χ3n) is 3.67. The summed E-state index contributed by atoms with van der Waals surface area (Å²) in [6.45, 7) is 2.80. The molecule has 0 spiro atoms. The van der Waals surface area contributed by atoms with Crippen LogP contribution in [-0.2, 0) is 6.54 Å². The van der Waals surface area contributed by atoms with Crippen molar-refractivity contribution in [2.24, 2.45) is 0 Å². The number of nitrogens with zero attached hydrogens (tertiary/aromatic N) is 1. The second-order valence-corrected chi connectivity index (χ2v) is 5.38. The predicted octanol–water partition coefficient (Wildman–Crippen LogP) is 1.26. The first-order chi connectivity index (χ1) is 9.97. The number of carboxylic acid groups (broad SMARTS) is 1. The van der Waals surface area contributed by atoms with Gasteiger partial charge in [-0.05, 0) is 38.9 Å². The van der Waals surface area contributed by atoms with Crippen LogP contribution in [0, 0.1) is 0 Å². The second kappa shape index (κ2) is 6.62. The van der Waals surface area contributed by atoms with Gasteiger partial charge in [-0.15, -0.1) is 0 Å². The lowest BCUT2D eigenvalue weighted by Crippen LogP contribution is -2.44. The Labute approximate surface area is 123 Å². The van der Waals surface area contributed by atoms with Crippen molar-refractivity contribution in [3.8, 4) is 0 Å². The molecule has 0 bridgehead atoms. The smallest absolute Gasteiger partial charge is 0.371 e. The molecule has 1 unspecified atom stereocenters. The summed E-state index contributed by atoms with van der Waals surface area (Å²) >= 11 is 0. The van der Waals surface area contributed by atoms with Crippen molar-refractivity contribution in [3.05, 3.63) is 23.7 Å². The van der Waals surface area contributed by atoms with Crippen molar-refractivity contribution in [1.29, 1.82) is 0 Å². The number of aromatic carboxylic acids is 1. The molecule has 1 atom stereocenters. The largest absolute Gasteiger partial charge is 0.475 e. The molecular weight excluding hydrogens is 274 g/mol. The number of urea groups is 1. The van der Waals surface area contributed by atoms with Crippen LogP contribution in [0.2, 0.25) is 0 Å². The number of furan rings is 1. The third kappa shape index (κ3) is 4.49. The predicted molar refractivity (Wildman–Crippen MR) is 76.2 cm³/mol. The minimum Gasteiger partial charge on any atom is -0.475 e. The van der Waals surface area contributed by atoms with Crippen LogP contribution < -0.4 is 10.6 Å². The summed E-state index contributed by atoms with van der Waals surface area (Å²) in [6, 6.07) is 3.55. The van der Waals surface area contributed by atoms with Gasteiger partial charge in [-0.2, -0.15) is 0 Å². The second-order valence-electron chi connectivity index (χ2n) is 5.38. The highest BCUT2D eigenvalue weighted by molar-refractivity contribution is 5.84. The summed E-state index contributed by atoms with van der Waals surface area (Å²) in [5.41, 5.74) is 0. The lowest BCUT2D eigenvalue weighted by molar-refractivity contribution is 0.0660. The molecule has 1 aromatic rings. The molecule has 0 saturated heterocycles. The maximum atomic E-state index is 11.7. The van der Waals surface area contributed by atoms with E-state index < -0.39 is 5.97 Å². The van der Waals surface area contributed by atoms with Crippen molar-refractivity contribution in [1.82, 2.24) is 15.5 Å². The van der Waals surface area contributed by atoms with Crippen LogP contribution in [-0.4, -0.2) is 47.7 Å². The molecule has 0 aromatic carbocycles. The highest BCUT2D eigenvalue weighted by atomic mass is 16.4. The van der Waals surface area contributed by atoms with E-state index in [4.69, 9.17) is 9.52 Å². The highest BCUT2D eigenvalue weighted by Gasteiger charge is 2.29. The topological polar surface area (TPSA) is 94.8 Å². The van der Waals surface area contributed by atoms with Crippen molar-refractivity contribution >= 4 is 12.0 Å². The minimum absolute atomic E-state index is 0.133. The summed E-state index contributed by atoms with van der Waals surface area (Å²) in [7, 11) is 2.07. The van der Waals surface area contributed by atoms with Crippen LogP contribution in [0.5, 0.6) is 0 Å². The van der Waals surface area contributed by atoms with Crippen LogP contribution in [0.1, 0.15) is 36.1 Å². The van der Waals surface area contributed by atoms with Gasteiger partial charge in [0.2, 0.25) is 5.76 Å². The molecule has 3 N–H and O–H groups in total. The lowest BCUT2D eigenvalue weighted by atomic mass is 10.3. The molecule has 0 aliphatic heterocycles. The molecule has 1 aliphatic rings. The average Bonchev–Trinajstić information content (AvgIpc) is 3.19. The molecular formula is C14H21N3O4. The fourth-order valence-electron chi connectivity index (χ4n) is 2.04. The molecule has 2 rings (SSSR count). The van der Waals surface area contributed by atoms with Gasteiger partial charge in [0.15, 0.2) is 0 Å². The fourth-order valence-corrected chi connectivity index (χ4v) is 2.04. The van der Waals surface area contributed by atoms with Gasteiger partial charge in [-0.25, -0.2) is 9.59 Å². The van der Waals surface area contributed by atoms with E-state index in [1.807, 2.05) is 0 Å². The van der Waals surface area contributed by atoms with E-state index in [9.17, 15) is 9.59 Å². The van der Waals surface area contributed by atoms with Crippen LogP contribution >= 0.6 is 0 Å². The number of rotatable bonds is 7. The number of hydrogen-bond acceptors (Lipinski definition) is 4. The molecule has 1 aromatic heterocycles. The molecule has 0 radical (unpaired) electrons. The van der Waals surface area contributed by atoms with E-state index in [2.05, 4.69) is 29.5 Å². The quantitative estimate of drug-likeness (QED) is 0.704. The Bertz CT molecular complexity index is 510. The minimum atomic E-state index is -1.12. The van der Waals surface area contributed by atoms with Gasteiger partial charge in [-0.3, -0.25) is 4.90 Å². The van der Waals surface area contributed by atoms with Crippen LogP contribution in [0.25, 0.3) is 0 Å². The van der Waals surface area contributed by atoms with E-state index in [-0.39, 0.29) is 24.4 Å². The Morgan fingerprint density at radius 2 is 2.14 bits per heavy atom. The number of carbonyl (C=O) groups excluding carboxylic acids is 1. The number of carboxylic acids is 1. The monoisotopic (exact) mass is 295 g/mol. The fraction of sp³-hybridized carbons (Fsp3) is 0.571. The molecule has 1 heterocycles. The summed E-state index contributed by atoms with van der Waals surface area (Å²) in [4.78, 5) is 24.6. The zero-order valence-corrected chi connectivity index (χ0v) is 12.3. The van der Waals surface area contributed by atoms with E-state index in [0.717, 1.165) is 0 Å². The molecule has 1 fully saturated rings. The summed E-state index contributed by atoms with van der Waals surface area (Å²) in [5, 5.41) is 14.2. The molecule has 1 aliphatic carbocycles. The third-order valence-corrected chi connectivity index (χ3v) is 3.67. The Hall–Kier alpha value is -2.02. The highest BCUT2D eigenvalue weighted by Crippen LogP contribution is 2.26. The van der Waals surface area contributed by atoms with Gasteiger partial charge in [-0.1, -0.05) is 0 Å². The number of nitrogens with one attached hydrogen (secondary N) is 2. The van der Waals surface area contributed by atoms with Gasteiger partial charge < -0.3 is 20.2 Å². The first kappa shape index (κ1) is 15.4. The normalized spacial score (nSPS) is 15.8. The number of amides is 2. The zero-order chi connectivity index (χ0) is 15.4. The Morgan fingerprint density at radius 3 is 2.71 bits per heavy atom. The number of likely N-dealkylation sites (N-methyl/N-ethyl adjacent to an activating group) is 1. The van der Waals surface area contributed by atoms with E-state index in [1.54, 1.807) is 0 Å². The van der Waals surface area contributed by atoms with Crippen molar-refractivity contribution in [2.75, 3.05) is 13.6 Å². The van der Waals surface area contributed by atoms with Gasteiger partial charge >= 0.3 is 12.0 Å². The van der Waals surface area contributed by atoms with E-state index >= 15 is 0 Å². The van der Waals surface area contributed by atoms with Crippen LogP contribution in [0.4, 0.5) is 4.79 Å². The van der Waals surface area contributed by atoms with Crippen molar-refractivity contribution in [2.45, 2.75) is 38.4 Å². The molecule has 116 valence electrons. The van der Waals surface area contributed by atoms with Crippen molar-refractivity contribution in [3.63, 3.8) is 0 Å². The Kier molecular flexibility index (Phi) is 4.85. The summed E-state index contributed by atoms with van der Waals surface area (Å²) in [5.74, 6) is -0.847. The van der Waals surface area contributed by atoms with Gasteiger partial charge in [0, 0.05) is 18.6 Å². The van der Waals surface area contributed by atoms with Crippen LogP contribution in [0.3, 0.4) is 0 Å². The Balaban J connectivity index is 1.67. The first-order valence-corrected chi connectivity index (χ1v) is 7.03. The molecule has 7 nitrogen and oxygen atoms in total. The molecule has 21 heavy (non-hydrogen) atoms. The standard InChI is InChI=1S/C14H21N3O4/c1-9(17(2)10-3-4-10)7-15-14(20)16-8-11-5-6-12(21-11)13(18)19/h5-6,9-10H,3-4,7-8H2,1-2H3,(H,18,19)(H2,15,16,20). The average molecular weight is 295 g/mol. The lowest BCUT2D eigenvalue weighted by Gasteiger charge is -2.24. The molecule has 1 saturated carbocycles. The van der Waals surface area contributed by atoms with E-state index in [0.29, 0.717) is 18.3 Å². The summed E-state index contributed by atoms with van der Waals surface area (Å²) in [6.07, 6.45) is 2.47. The van der Waals surface area contributed by atoms with Gasteiger partial charge in [0.25, 0.3) is 0 Å². The van der Waals surface area contributed by atoms with Crippen molar-refractivity contribution < 1.29 is 19.1 Å². The van der Waals surface area contributed by atoms with Gasteiger partial charge in [0.1, 0.15) is 5.76 Å². The number of hydrogen-bond donors (Lipinski definition) is 3. The zero-order valence-electron chi connectivity index (χ0n) is 12.3. The Morgan fingerprint density at radius 1 is 1.43 bits per heavy atom. The maximum Gasteiger partial charge on any atom is 0.371 e. The maximum absolute atomic E-state index is 11.7. The molecule has 7 heteroatoms. The number of carbonyl (C=O) groups is 2. The van der Waals surface area contributed by atoms with Crippen LogP contribution in [0.15, 0.2) is 16.5 Å². The SMILES string of the molecule is CC(CNC(=O)NCc1ccc(C(=O)O)o1)N(C)C1CC1. The summed E-state index contributed by atoms with van der Waals surface area (Å²) < 4.78 is 5.05. The molecule has 2 amide bonds. The van der Waals surface area contributed by atoms with Gasteiger partial charge in [0.05, 0.1) is 6.54 Å². The first-order valence-electron chi connectivity index (χ1n) is 7.03.